The van der Waals surface area contributed by atoms with E-state index in [4.69, 9.17) is 16.6 Å². The third-order valence-electron chi connectivity index (χ3n) is 4.14. The van der Waals surface area contributed by atoms with Crippen LogP contribution in [0.3, 0.4) is 0 Å². The van der Waals surface area contributed by atoms with Crippen LogP contribution < -0.4 is 5.11 Å². The molecule has 26 heavy (non-hydrogen) atoms. The quantitative estimate of drug-likeness (QED) is 0.594. The predicted octanol–water partition coefficient (Wildman–Crippen LogP) is 2.12. The van der Waals surface area contributed by atoms with Crippen LogP contribution in [0.4, 0.5) is 0 Å². The number of likely N-dealkylation sites (N-methyl/N-ethyl adjacent to an activating group) is 2. The third kappa shape index (κ3) is 3.13. The van der Waals surface area contributed by atoms with Crippen LogP contribution in [0.1, 0.15) is 30.0 Å². The van der Waals surface area contributed by atoms with Gasteiger partial charge in [0.05, 0.1) is 5.97 Å². The Morgan fingerprint density at radius 2 is 1.92 bits per heavy atom. The van der Waals surface area contributed by atoms with E-state index in [9.17, 15) is 14.7 Å². The molecule has 0 unspecified atom stereocenters. The van der Waals surface area contributed by atoms with Crippen LogP contribution >= 0.6 is 12.2 Å². The lowest BCUT2D eigenvalue weighted by molar-refractivity contribution is -0.255. The number of carboxylic acid groups (broad SMARTS) is 1. The van der Waals surface area contributed by atoms with Gasteiger partial charge in [0.25, 0.3) is 5.91 Å². The largest absolute Gasteiger partial charge is 0.545 e. The van der Waals surface area contributed by atoms with Crippen LogP contribution in [-0.2, 0) is 4.79 Å². The van der Waals surface area contributed by atoms with Crippen molar-refractivity contribution in [3.8, 4) is 11.3 Å². The van der Waals surface area contributed by atoms with Gasteiger partial charge < -0.3 is 19.2 Å². The second-order valence-corrected chi connectivity index (χ2v) is 6.04. The molecular formula is C19H17N2O4S-. The predicted molar refractivity (Wildman–Crippen MR) is 98.8 cm³/mol. The molecule has 1 saturated heterocycles. The zero-order valence-electron chi connectivity index (χ0n) is 14.4. The molecule has 0 atom stereocenters. The summed E-state index contributed by atoms with van der Waals surface area (Å²) in [5.74, 6) is -0.412. The van der Waals surface area contributed by atoms with Crippen molar-refractivity contribution in [3.05, 3.63) is 53.4 Å². The van der Waals surface area contributed by atoms with E-state index in [0.717, 1.165) is 0 Å². The number of rotatable bonds is 5. The molecule has 0 N–H and O–H groups in total. The molecule has 1 aromatic heterocycles. The van der Waals surface area contributed by atoms with Crippen molar-refractivity contribution in [2.75, 3.05) is 13.1 Å². The van der Waals surface area contributed by atoms with E-state index in [2.05, 4.69) is 0 Å². The number of furan rings is 1. The Morgan fingerprint density at radius 1 is 1.19 bits per heavy atom. The second-order valence-electron chi connectivity index (χ2n) is 5.68. The molecule has 0 saturated carbocycles. The fourth-order valence-corrected chi connectivity index (χ4v) is 3.27. The van der Waals surface area contributed by atoms with Gasteiger partial charge in [0, 0.05) is 24.7 Å². The first kappa shape index (κ1) is 17.9. The van der Waals surface area contributed by atoms with E-state index >= 15 is 0 Å². The average molecular weight is 369 g/mol. The summed E-state index contributed by atoms with van der Waals surface area (Å²) >= 11 is 5.35. The normalized spacial score (nSPS) is 16.0. The van der Waals surface area contributed by atoms with Crippen molar-refractivity contribution < 1.29 is 19.1 Å². The molecule has 0 aliphatic carbocycles. The zero-order valence-corrected chi connectivity index (χ0v) is 15.2. The number of thiocarbonyl (C=S) groups is 1. The number of carboxylic acids is 1. The molecule has 0 bridgehead atoms. The van der Waals surface area contributed by atoms with Gasteiger partial charge in [-0.1, -0.05) is 18.2 Å². The number of amides is 1. The Morgan fingerprint density at radius 3 is 2.58 bits per heavy atom. The molecule has 7 heteroatoms. The van der Waals surface area contributed by atoms with Crippen LogP contribution in [0.5, 0.6) is 0 Å². The Bertz CT molecular complexity index is 916. The van der Waals surface area contributed by atoms with Crippen LogP contribution in [0.15, 0.2) is 46.5 Å². The Balaban J connectivity index is 1.94. The van der Waals surface area contributed by atoms with E-state index < -0.39 is 5.97 Å². The van der Waals surface area contributed by atoms with Gasteiger partial charge in [0.1, 0.15) is 17.2 Å². The standard InChI is InChI=1S/C19H18N2O4S/c1-3-20-15(17(22)21(4-2)19(20)26)11-14-8-9-16(25-14)12-6-5-7-13(10-12)18(23)24/h5-11H,3-4H2,1-2H3,(H,23,24)/p-1/b15-11-. The molecule has 1 fully saturated rings. The highest BCUT2D eigenvalue weighted by Gasteiger charge is 2.36. The van der Waals surface area contributed by atoms with Crippen molar-refractivity contribution >= 4 is 35.3 Å². The lowest BCUT2D eigenvalue weighted by Crippen LogP contribution is -2.32. The lowest BCUT2D eigenvalue weighted by atomic mass is 10.1. The highest BCUT2D eigenvalue weighted by molar-refractivity contribution is 7.80. The minimum Gasteiger partial charge on any atom is -0.545 e. The SMILES string of the molecule is CCN1C(=O)/C(=C/c2ccc(-c3cccc(C(=O)[O-])c3)o2)N(CC)C1=S. The summed E-state index contributed by atoms with van der Waals surface area (Å²) in [7, 11) is 0. The minimum atomic E-state index is -1.25. The smallest absolute Gasteiger partial charge is 0.276 e. The molecule has 6 nitrogen and oxygen atoms in total. The maximum absolute atomic E-state index is 12.5. The molecule has 1 amide bonds. The molecule has 0 radical (unpaired) electrons. The van der Waals surface area contributed by atoms with Crippen molar-refractivity contribution in [3.63, 3.8) is 0 Å². The Labute approximate surface area is 156 Å². The molecule has 134 valence electrons. The molecule has 2 heterocycles. The van der Waals surface area contributed by atoms with Gasteiger partial charge in [-0.25, -0.2) is 0 Å². The van der Waals surface area contributed by atoms with Gasteiger partial charge in [-0.2, -0.15) is 0 Å². The first-order valence-electron chi connectivity index (χ1n) is 8.23. The minimum absolute atomic E-state index is 0.0749. The monoisotopic (exact) mass is 369 g/mol. The van der Waals surface area contributed by atoms with E-state index in [-0.39, 0.29) is 11.5 Å². The van der Waals surface area contributed by atoms with E-state index in [1.54, 1.807) is 35.2 Å². The summed E-state index contributed by atoms with van der Waals surface area (Å²) in [5.41, 5.74) is 1.15. The maximum atomic E-state index is 12.5. The molecular weight excluding hydrogens is 352 g/mol. The summed E-state index contributed by atoms with van der Waals surface area (Å²) in [6.07, 6.45) is 1.65. The summed E-state index contributed by atoms with van der Waals surface area (Å²) in [4.78, 5) is 26.8. The summed E-state index contributed by atoms with van der Waals surface area (Å²) in [6, 6.07) is 9.77. The van der Waals surface area contributed by atoms with Gasteiger partial charge in [-0.05, 0) is 49.8 Å². The van der Waals surface area contributed by atoms with Gasteiger partial charge >= 0.3 is 0 Å². The van der Waals surface area contributed by atoms with Crippen LogP contribution in [0, 0.1) is 0 Å². The van der Waals surface area contributed by atoms with Crippen molar-refractivity contribution in [1.82, 2.24) is 9.80 Å². The fraction of sp³-hybridized carbons (Fsp3) is 0.211. The first-order chi connectivity index (χ1) is 12.5. The fourth-order valence-electron chi connectivity index (χ4n) is 2.83. The molecule has 1 aliphatic heterocycles. The zero-order chi connectivity index (χ0) is 18.8. The van der Waals surface area contributed by atoms with Crippen molar-refractivity contribution in [1.29, 1.82) is 0 Å². The topological polar surface area (TPSA) is 76.8 Å². The molecule has 1 aromatic carbocycles. The Kier molecular flexibility index (Phi) is 4.90. The molecule has 1 aliphatic rings. The molecule has 0 spiro atoms. The van der Waals surface area contributed by atoms with Crippen molar-refractivity contribution in [2.45, 2.75) is 13.8 Å². The number of nitrogens with zero attached hydrogens (tertiary/aromatic N) is 2. The maximum Gasteiger partial charge on any atom is 0.276 e. The number of carbonyl (C=O) groups excluding carboxylic acids is 2. The number of carbonyl (C=O) groups is 2. The van der Waals surface area contributed by atoms with E-state index in [0.29, 0.717) is 41.0 Å². The van der Waals surface area contributed by atoms with E-state index in [1.165, 1.54) is 17.0 Å². The van der Waals surface area contributed by atoms with Gasteiger partial charge in [0.2, 0.25) is 0 Å². The summed E-state index contributed by atoms with van der Waals surface area (Å²) in [6.45, 7) is 4.88. The Hall–Kier alpha value is -2.93. The summed E-state index contributed by atoms with van der Waals surface area (Å²) in [5, 5.41) is 11.5. The summed E-state index contributed by atoms with van der Waals surface area (Å²) < 4.78 is 5.78. The number of benzene rings is 1. The van der Waals surface area contributed by atoms with Gasteiger partial charge in [-0.15, -0.1) is 0 Å². The van der Waals surface area contributed by atoms with Crippen LogP contribution in [-0.4, -0.2) is 39.9 Å². The molecule has 2 aromatic rings. The second kappa shape index (κ2) is 7.13. The highest BCUT2D eigenvalue weighted by Crippen LogP contribution is 2.27. The highest BCUT2D eigenvalue weighted by atomic mass is 32.1. The van der Waals surface area contributed by atoms with Gasteiger partial charge in [0.15, 0.2) is 5.11 Å². The first-order valence-corrected chi connectivity index (χ1v) is 8.63. The van der Waals surface area contributed by atoms with Crippen molar-refractivity contribution in [2.24, 2.45) is 0 Å². The number of aromatic carboxylic acids is 1. The van der Waals surface area contributed by atoms with Crippen LogP contribution in [0.2, 0.25) is 0 Å². The third-order valence-corrected chi connectivity index (χ3v) is 4.58. The number of hydrogen-bond acceptors (Lipinski definition) is 5. The average Bonchev–Trinajstić information content (AvgIpc) is 3.18. The van der Waals surface area contributed by atoms with E-state index in [1.807, 2.05) is 13.8 Å². The molecule has 3 rings (SSSR count). The lowest BCUT2D eigenvalue weighted by Gasteiger charge is -2.16. The van der Waals surface area contributed by atoms with Gasteiger partial charge in [-0.3, -0.25) is 9.69 Å². The van der Waals surface area contributed by atoms with Crippen LogP contribution in [0.25, 0.3) is 17.4 Å². The number of hydrogen-bond donors (Lipinski definition) is 0.